The van der Waals surface area contributed by atoms with Gasteiger partial charge in [-0.15, -0.1) is 0 Å². The van der Waals surface area contributed by atoms with E-state index in [4.69, 9.17) is 5.73 Å². The van der Waals surface area contributed by atoms with Crippen molar-refractivity contribution in [2.75, 3.05) is 26.2 Å². The van der Waals surface area contributed by atoms with Gasteiger partial charge in [-0.25, -0.2) is 0 Å². The second kappa shape index (κ2) is 7.45. The molecule has 2 aromatic rings. The first-order valence-electron chi connectivity index (χ1n) is 10.0. The molecule has 2 aromatic carbocycles. The van der Waals surface area contributed by atoms with Crippen molar-refractivity contribution in [3.8, 4) is 11.1 Å². The highest BCUT2D eigenvalue weighted by molar-refractivity contribution is 5.82. The van der Waals surface area contributed by atoms with Crippen molar-refractivity contribution in [1.29, 1.82) is 0 Å². The van der Waals surface area contributed by atoms with Crippen LogP contribution in [-0.4, -0.2) is 47.9 Å². The molecule has 1 aliphatic heterocycles. The van der Waals surface area contributed by atoms with Crippen LogP contribution in [0.25, 0.3) is 11.1 Å². The van der Waals surface area contributed by atoms with Crippen LogP contribution in [0.2, 0.25) is 0 Å². The van der Waals surface area contributed by atoms with Gasteiger partial charge < -0.3 is 10.6 Å². The minimum absolute atomic E-state index is 0.107. The molecule has 2 N–H and O–H groups in total. The number of benzene rings is 2. The minimum Gasteiger partial charge on any atom is -0.339 e. The maximum absolute atomic E-state index is 12.6. The molecule has 1 unspecified atom stereocenters. The maximum atomic E-state index is 12.6. The van der Waals surface area contributed by atoms with Crippen molar-refractivity contribution >= 4 is 5.91 Å². The van der Waals surface area contributed by atoms with Crippen LogP contribution in [0.1, 0.15) is 37.4 Å². The maximum Gasteiger partial charge on any atom is 0.239 e. The van der Waals surface area contributed by atoms with E-state index in [0.717, 1.165) is 32.6 Å². The molecule has 0 bridgehead atoms. The molecule has 4 rings (SSSR count). The molecule has 1 fully saturated rings. The summed E-state index contributed by atoms with van der Waals surface area (Å²) in [6.07, 6.45) is 0.752. The van der Waals surface area contributed by atoms with E-state index in [-0.39, 0.29) is 11.9 Å². The monoisotopic (exact) mass is 363 g/mol. The quantitative estimate of drug-likeness (QED) is 0.907. The molecule has 0 spiro atoms. The highest BCUT2D eigenvalue weighted by Crippen LogP contribution is 2.46. The van der Waals surface area contributed by atoms with Gasteiger partial charge in [-0.3, -0.25) is 9.69 Å². The van der Waals surface area contributed by atoms with E-state index >= 15 is 0 Å². The molecule has 1 amide bonds. The van der Waals surface area contributed by atoms with Gasteiger partial charge in [-0.2, -0.15) is 0 Å². The zero-order chi connectivity index (χ0) is 19.0. The second-order valence-corrected chi connectivity index (χ2v) is 8.17. The standard InChI is InChI=1S/C23H29N3O/c1-16(2)15-21(24)23(27)26-13-11-25(12-14-26)22-19-9-5-3-7-17(19)18-8-4-6-10-20(18)22/h3-10,16,21-22H,11-15,24H2,1-2H3. The normalized spacial score (nSPS) is 18.4. The van der Waals surface area contributed by atoms with E-state index < -0.39 is 0 Å². The first kappa shape index (κ1) is 18.2. The van der Waals surface area contributed by atoms with Crippen LogP contribution < -0.4 is 5.73 Å². The molecule has 1 aliphatic carbocycles. The highest BCUT2D eigenvalue weighted by atomic mass is 16.2. The van der Waals surface area contributed by atoms with Crippen LogP contribution in [0, 0.1) is 5.92 Å². The Morgan fingerprint density at radius 3 is 2.00 bits per heavy atom. The van der Waals surface area contributed by atoms with Gasteiger partial charge in [0.15, 0.2) is 0 Å². The van der Waals surface area contributed by atoms with Gasteiger partial charge >= 0.3 is 0 Å². The lowest BCUT2D eigenvalue weighted by atomic mass is 10.0. The first-order chi connectivity index (χ1) is 13.1. The summed E-state index contributed by atoms with van der Waals surface area (Å²) in [6.45, 7) is 7.50. The Kier molecular flexibility index (Phi) is 5.02. The molecule has 0 radical (unpaired) electrons. The largest absolute Gasteiger partial charge is 0.339 e. The average molecular weight is 364 g/mol. The average Bonchev–Trinajstić information content (AvgIpc) is 3.01. The lowest BCUT2D eigenvalue weighted by Gasteiger charge is -2.39. The van der Waals surface area contributed by atoms with Gasteiger partial charge in [0, 0.05) is 26.2 Å². The number of amides is 1. The van der Waals surface area contributed by atoms with Crippen molar-refractivity contribution in [3.63, 3.8) is 0 Å². The van der Waals surface area contributed by atoms with Crippen molar-refractivity contribution in [1.82, 2.24) is 9.80 Å². The van der Waals surface area contributed by atoms with E-state index in [1.165, 1.54) is 22.3 Å². The van der Waals surface area contributed by atoms with Gasteiger partial charge in [-0.05, 0) is 34.6 Å². The van der Waals surface area contributed by atoms with Crippen molar-refractivity contribution in [3.05, 3.63) is 59.7 Å². The summed E-state index contributed by atoms with van der Waals surface area (Å²) in [7, 11) is 0. The van der Waals surface area contributed by atoms with Crippen molar-refractivity contribution in [2.24, 2.45) is 11.7 Å². The molecule has 2 aliphatic rings. The van der Waals surface area contributed by atoms with E-state index in [9.17, 15) is 4.79 Å². The van der Waals surface area contributed by atoms with E-state index in [1.54, 1.807) is 0 Å². The Balaban J connectivity index is 1.50. The third-order valence-corrected chi connectivity index (χ3v) is 5.83. The summed E-state index contributed by atoms with van der Waals surface area (Å²) in [5.74, 6) is 0.548. The molecule has 0 aromatic heterocycles. The number of hydrogen-bond donors (Lipinski definition) is 1. The predicted octanol–water partition coefficient (Wildman–Crippen LogP) is 3.27. The number of nitrogens with two attached hydrogens (primary N) is 1. The van der Waals surface area contributed by atoms with Gasteiger partial charge in [0.2, 0.25) is 5.91 Å². The molecule has 142 valence electrons. The molecule has 4 nitrogen and oxygen atoms in total. The number of nitrogens with zero attached hydrogens (tertiary/aromatic N) is 2. The van der Waals surface area contributed by atoms with E-state index in [2.05, 4.69) is 67.3 Å². The van der Waals surface area contributed by atoms with Crippen LogP contribution in [0.15, 0.2) is 48.5 Å². The third-order valence-electron chi connectivity index (χ3n) is 5.83. The summed E-state index contributed by atoms with van der Waals surface area (Å²) in [4.78, 5) is 17.1. The van der Waals surface area contributed by atoms with Gasteiger partial charge in [0.05, 0.1) is 12.1 Å². The first-order valence-corrected chi connectivity index (χ1v) is 10.0. The fourth-order valence-corrected chi connectivity index (χ4v) is 4.57. The molecule has 0 saturated carbocycles. The summed E-state index contributed by atoms with van der Waals surface area (Å²) < 4.78 is 0. The van der Waals surface area contributed by atoms with Crippen LogP contribution in [-0.2, 0) is 4.79 Å². The second-order valence-electron chi connectivity index (χ2n) is 8.17. The lowest BCUT2D eigenvalue weighted by molar-refractivity contribution is -0.134. The number of piperazine rings is 1. The van der Waals surface area contributed by atoms with Gasteiger partial charge in [0.1, 0.15) is 0 Å². The third kappa shape index (κ3) is 3.40. The topological polar surface area (TPSA) is 49.6 Å². The summed E-state index contributed by atoms with van der Waals surface area (Å²) in [5, 5.41) is 0. The zero-order valence-electron chi connectivity index (χ0n) is 16.3. The number of fused-ring (bicyclic) bond motifs is 3. The Morgan fingerprint density at radius 1 is 0.963 bits per heavy atom. The Morgan fingerprint density at radius 2 is 1.48 bits per heavy atom. The van der Waals surface area contributed by atoms with Crippen molar-refractivity contribution in [2.45, 2.75) is 32.4 Å². The van der Waals surface area contributed by atoms with Crippen LogP contribution in [0.4, 0.5) is 0 Å². The van der Waals surface area contributed by atoms with E-state index in [1.807, 2.05) is 4.90 Å². The molecule has 1 heterocycles. The molecule has 1 saturated heterocycles. The highest BCUT2D eigenvalue weighted by Gasteiger charge is 2.35. The number of carbonyl (C=O) groups is 1. The summed E-state index contributed by atoms with van der Waals surface area (Å²) >= 11 is 0. The molecule has 27 heavy (non-hydrogen) atoms. The zero-order valence-corrected chi connectivity index (χ0v) is 16.3. The smallest absolute Gasteiger partial charge is 0.239 e. The summed E-state index contributed by atoms with van der Waals surface area (Å²) in [6, 6.07) is 17.3. The number of hydrogen-bond acceptors (Lipinski definition) is 3. The molecule has 4 heteroatoms. The Bertz CT molecular complexity index is 778. The van der Waals surface area contributed by atoms with E-state index in [0.29, 0.717) is 12.0 Å². The summed E-state index contributed by atoms with van der Waals surface area (Å²) in [5.41, 5.74) is 11.6. The molecular weight excluding hydrogens is 334 g/mol. The van der Waals surface area contributed by atoms with Crippen LogP contribution in [0.5, 0.6) is 0 Å². The Labute approximate surface area is 162 Å². The fraction of sp³-hybridized carbons (Fsp3) is 0.435. The minimum atomic E-state index is -0.371. The predicted molar refractivity (Wildman–Crippen MR) is 109 cm³/mol. The van der Waals surface area contributed by atoms with Gasteiger partial charge in [-0.1, -0.05) is 62.4 Å². The molecule has 1 atom stereocenters. The Hall–Kier alpha value is -2.17. The van der Waals surface area contributed by atoms with Crippen molar-refractivity contribution < 1.29 is 4.79 Å². The number of rotatable bonds is 4. The SMILES string of the molecule is CC(C)CC(N)C(=O)N1CCN(C2c3ccccc3-c3ccccc32)CC1. The van der Waals surface area contributed by atoms with Gasteiger partial charge in [0.25, 0.3) is 0 Å². The van der Waals surface area contributed by atoms with Crippen LogP contribution in [0.3, 0.4) is 0 Å². The van der Waals surface area contributed by atoms with Crippen LogP contribution >= 0.6 is 0 Å². The number of carbonyl (C=O) groups excluding carboxylic acids is 1. The molecular formula is C23H29N3O. The lowest BCUT2D eigenvalue weighted by Crippen LogP contribution is -2.53. The fourth-order valence-electron chi connectivity index (χ4n) is 4.57.